The molecule has 2 heterocycles. The molecule has 0 fully saturated rings. The summed E-state index contributed by atoms with van der Waals surface area (Å²) in [5.74, 6) is -1.34. The van der Waals surface area contributed by atoms with Crippen LogP contribution in [0.3, 0.4) is 0 Å². The van der Waals surface area contributed by atoms with Gasteiger partial charge in [-0.25, -0.2) is 4.98 Å². The summed E-state index contributed by atoms with van der Waals surface area (Å²) in [4.78, 5) is 10.5. The van der Waals surface area contributed by atoms with Gasteiger partial charge in [-0.05, 0) is 151 Å². The lowest BCUT2D eigenvalue weighted by Gasteiger charge is -2.21. The molecular formula is C63H63N3O. The Labute approximate surface area is 402 Å². The van der Waals surface area contributed by atoms with Crippen molar-refractivity contribution in [3.05, 3.63) is 192 Å². The van der Waals surface area contributed by atoms with Gasteiger partial charge in [0.25, 0.3) is 0 Å². The van der Waals surface area contributed by atoms with Crippen molar-refractivity contribution in [3.63, 3.8) is 0 Å². The second kappa shape index (κ2) is 18.7. The molecule has 67 heavy (non-hydrogen) atoms. The van der Waals surface area contributed by atoms with Crippen LogP contribution in [0.1, 0.15) is 131 Å². The van der Waals surface area contributed by atoms with Gasteiger partial charge >= 0.3 is 0 Å². The van der Waals surface area contributed by atoms with Gasteiger partial charge in [-0.1, -0.05) is 172 Å². The lowest BCUT2D eigenvalue weighted by Crippen LogP contribution is -2.02. The molecule has 0 radical (unpaired) electrons. The summed E-state index contributed by atoms with van der Waals surface area (Å²) in [7, 11) is 0. The maximum atomic E-state index is 12.3. The molecule has 0 amide bonds. The zero-order chi connectivity index (χ0) is 49.9. The third-order valence-electron chi connectivity index (χ3n) is 13.1. The number of rotatable bonds is 12. The van der Waals surface area contributed by atoms with Crippen molar-refractivity contribution in [1.82, 2.24) is 14.5 Å². The van der Waals surface area contributed by atoms with E-state index in [1.807, 2.05) is 90.2 Å². The molecular weight excluding hydrogens is 815 g/mol. The Kier molecular flexibility index (Phi) is 11.5. The number of aromatic hydroxyl groups is 1. The summed E-state index contributed by atoms with van der Waals surface area (Å²) >= 11 is 0. The second-order valence-corrected chi connectivity index (χ2v) is 19.2. The van der Waals surface area contributed by atoms with E-state index in [-0.39, 0.29) is 17.6 Å². The molecule has 9 aromatic rings. The van der Waals surface area contributed by atoms with Crippen LogP contribution in [0.2, 0.25) is 0 Å². The van der Waals surface area contributed by atoms with Crippen molar-refractivity contribution in [2.24, 2.45) is 0 Å². The fraction of sp³-hybridized carbons (Fsp3) is 0.238. The van der Waals surface area contributed by atoms with E-state index in [1.54, 1.807) is 0 Å². The molecule has 1 N–H and O–H groups in total. The molecule has 4 nitrogen and oxygen atoms in total. The van der Waals surface area contributed by atoms with E-state index in [1.165, 1.54) is 0 Å². The van der Waals surface area contributed by atoms with E-state index < -0.39 is 17.7 Å². The van der Waals surface area contributed by atoms with Gasteiger partial charge in [-0.3, -0.25) is 9.55 Å². The zero-order valence-corrected chi connectivity index (χ0v) is 40.5. The van der Waals surface area contributed by atoms with Gasteiger partial charge in [0.05, 0.1) is 22.3 Å². The van der Waals surface area contributed by atoms with E-state index in [4.69, 9.17) is 14.1 Å². The number of hydrogen-bond acceptors (Lipinski definition) is 3. The Morgan fingerprint density at radius 2 is 1.09 bits per heavy atom. The molecule has 0 saturated carbocycles. The van der Waals surface area contributed by atoms with Crippen molar-refractivity contribution >= 4 is 11.0 Å². The number of pyridine rings is 1. The molecule has 0 unspecified atom stereocenters. The smallest absolute Gasteiger partial charge is 0.149 e. The molecule has 0 aliphatic rings. The highest BCUT2D eigenvalue weighted by Gasteiger charge is 2.25. The van der Waals surface area contributed by atoms with Crippen LogP contribution in [0.15, 0.2) is 164 Å². The third-order valence-corrected chi connectivity index (χ3v) is 13.1. The van der Waals surface area contributed by atoms with Crippen LogP contribution in [-0.4, -0.2) is 19.6 Å². The van der Waals surface area contributed by atoms with Crippen LogP contribution < -0.4 is 0 Å². The number of phenols is 1. The Hall–Kier alpha value is -7.04. The van der Waals surface area contributed by atoms with Gasteiger partial charge in [-0.15, -0.1) is 0 Å². The van der Waals surface area contributed by atoms with Gasteiger partial charge in [0.15, 0.2) is 0 Å². The third kappa shape index (κ3) is 8.86. The number of phenolic OH excluding ortho intramolecular Hbond substituents is 1. The number of benzene rings is 7. The molecule has 0 atom stereocenters. The van der Waals surface area contributed by atoms with Crippen LogP contribution >= 0.6 is 0 Å². The molecule has 0 bridgehead atoms. The van der Waals surface area contributed by atoms with Crippen LogP contribution in [-0.2, 0) is 0 Å². The second-order valence-electron chi connectivity index (χ2n) is 19.2. The first-order valence-electron chi connectivity index (χ1n) is 25.1. The number of imidazole rings is 1. The number of hydrogen-bond donors (Lipinski definition) is 1. The van der Waals surface area contributed by atoms with Crippen molar-refractivity contribution < 1.29 is 9.22 Å². The average Bonchev–Trinajstić information content (AvgIpc) is 3.73. The highest BCUT2D eigenvalue weighted by molar-refractivity contribution is 5.98. The molecule has 0 aliphatic carbocycles. The topological polar surface area (TPSA) is 50.9 Å². The molecule has 0 aliphatic heterocycles. The Morgan fingerprint density at radius 1 is 0.463 bits per heavy atom. The van der Waals surface area contributed by atoms with Gasteiger partial charge in [-0.2, -0.15) is 0 Å². The fourth-order valence-electron chi connectivity index (χ4n) is 9.36. The van der Waals surface area contributed by atoms with Crippen LogP contribution in [0.25, 0.3) is 83.9 Å². The minimum Gasteiger partial charge on any atom is -0.507 e. The number of para-hydroxylation sites is 1. The predicted molar refractivity (Wildman–Crippen MR) is 284 cm³/mol. The molecule has 0 spiro atoms. The van der Waals surface area contributed by atoms with Crippen molar-refractivity contribution in [2.45, 2.75) is 98.8 Å². The minimum atomic E-state index is -0.893. The van der Waals surface area contributed by atoms with Crippen molar-refractivity contribution in [1.29, 1.82) is 0 Å². The summed E-state index contributed by atoms with van der Waals surface area (Å²) in [6.45, 7) is 20.0. The van der Waals surface area contributed by atoms with E-state index >= 15 is 0 Å². The first kappa shape index (κ1) is 41.4. The summed E-state index contributed by atoms with van der Waals surface area (Å²) in [5.41, 5.74) is 17.7. The lowest BCUT2D eigenvalue weighted by atomic mass is 9.85. The maximum Gasteiger partial charge on any atom is 0.149 e. The van der Waals surface area contributed by atoms with Crippen LogP contribution in [0.4, 0.5) is 0 Å². The molecule has 9 rings (SSSR count). The van der Waals surface area contributed by atoms with Crippen LogP contribution in [0.5, 0.6) is 5.75 Å². The normalized spacial score (nSPS) is 13.0. The first-order chi connectivity index (χ1) is 33.2. The van der Waals surface area contributed by atoms with Gasteiger partial charge < -0.3 is 5.11 Å². The van der Waals surface area contributed by atoms with E-state index in [2.05, 4.69) is 148 Å². The predicted octanol–water partition coefficient (Wildman–Crippen LogP) is 17.7. The Bertz CT molecular complexity index is 3340. The maximum absolute atomic E-state index is 12.3. The quantitative estimate of drug-likeness (QED) is 0.133. The highest BCUT2D eigenvalue weighted by Crippen LogP contribution is 2.44. The zero-order valence-electron chi connectivity index (χ0n) is 43.5. The monoisotopic (exact) mass is 881 g/mol. The molecule has 2 aromatic heterocycles. The lowest BCUT2D eigenvalue weighted by molar-refractivity contribution is 0.466. The highest BCUT2D eigenvalue weighted by atomic mass is 16.3. The molecule has 7 aromatic carbocycles. The largest absolute Gasteiger partial charge is 0.507 e. The van der Waals surface area contributed by atoms with Gasteiger partial charge in [0, 0.05) is 27.1 Å². The first-order valence-corrected chi connectivity index (χ1v) is 23.6. The molecule has 0 saturated heterocycles. The van der Waals surface area contributed by atoms with Gasteiger partial charge in [0.2, 0.25) is 0 Å². The summed E-state index contributed by atoms with van der Waals surface area (Å²) in [6, 6.07) is 54.4. The summed E-state index contributed by atoms with van der Waals surface area (Å²) in [5, 5.41) is 12.3. The summed E-state index contributed by atoms with van der Waals surface area (Å²) in [6.07, 6.45) is 1.87. The minimum absolute atomic E-state index is 0.0722. The number of fused-ring (bicyclic) bond motifs is 1. The van der Waals surface area contributed by atoms with Crippen molar-refractivity contribution in [3.8, 4) is 78.6 Å². The fourth-order valence-corrected chi connectivity index (χ4v) is 9.36. The standard InChI is InChI=1S/C63H63N3O/c1-38(2)43-22-24-45(25-23-43)47-30-31-64-58(37-47)51-33-49(44-16-12-11-13-17-44)32-50(34-51)55-20-15-21-59-61(55)65-63(57-36-48(39(3)4)35-56(42(9)10)62(57)67)66(59)52-28-26-46(27-29-52)60-53(40(5)6)18-14-19-54(60)41(7)8/h11-42,67H,1-10H3/i38D,40D,41D. The number of aromatic nitrogens is 3. The Balaban J connectivity index is 1.27. The van der Waals surface area contributed by atoms with Crippen LogP contribution in [0, 0.1) is 0 Å². The van der Waals surface area contributed by atoms with E-state index in [0.29, 0.717) is 11.4 Å². The number of nitrogens with zero attached hydrogens (tertiary/aromatic N) is 3. The SMILES string of the molecule is [2H]C(C)(C)c1ccc(-c2ccnc(-c3cc(-c4ccccc4)cc(-c4cccc5c4nc(-c4cc(C(C)C)cc(C(C)C)c4O)n5-c4ccc(-c5c(C([2H])(C)C)cccc5C([2H])(C)C)cc4)c3)c2)cc1. The molecule has 4 heteroatoms. The molecule has 336 valence electrons. The van der Waals surface area contributed by atoms with Gasteiger partial charge in [0.1, 0.15) is 11.6 Å². The Morgan fingerprint density at radius 3 is 1.73 bits per heavy atom. The van der Waals surface area contributed by atoms with Crippen molar-refractivity contribution in [2.75, 3.05) is 0 Å². The summed E-state index contributed by atoms with van der Waals surface area (Å²) < 4.78 is 29.0. The van der Waals surface area contributed by atoms with E-state index in [9.17, 15) is 5.11 Å². The van der Waals surface area contributed by atoms with E-state index in [0.717, 1.165) is 100 Å². The average molecular weight is 881 g/mol.